The molecule has 0 saturated carbocycles. The smallest absolute Gasteiger partial charge is 0.338 e. The van der Waals surface area contributed by atoms with Gasteiger partial charge in [-0.1, -0.05) is 24.6 Å². The number of rotatable bonds is 6. The van der Waals surface area contributed by atoms with E-state index in [0.717, 1.165) is 30.4 Å². The van der Waals surface area contributed by atoms with Gasteiger partial charge in [-0.2, -0.15) is 4.31 Å². The van der Waals surface area contributed by atoms with Gasteiger partial charge in [-0.15, -0.1) is 0 Å². The summed E-state index contributed by atoms with van der Waals surface area (Å²) in [6.07, 6.45) is 2.58. The van der Waals surface area contributed by atoms with E-state index in [1.165, 1.54) is 22.5 Å². The third kappa shape index (κ3) is 6.00. The van der Waals surface area contributed by atoms with Crippen molar-refractivity contribution in [2.45, 2.75) is 44.9 Å². The highest BCUT2D eigenvalue weighted by Gasteiger charge is 2.27. The Morgan fingerprint density at radius 2 is 1.68 bits per heavy atom. The molecule has 2 aromatic carbocycles. The molecule has 0 radical (unpaired) electrons. The number of nitrogens with one attached hydrogen (secondary N) is 2. The van der Waals surface area contributed by atoms with Gasteiger partial charge in [0.25, 0.3) is 5.91 Å². The Labute approximate surface area is 199 Å². The first-order chi connectivity index (χ1) is 16.1. The molecule has 182 valence electrons. The Bertz CT molecular complexity index is 1200. The average molecular weight is 488 g/mol. The second-order valence-electron chi connectivity index (χ2n) is 8.27. The van der Waals surface area contributed by atoms with Crippen LogP contribution in [0.5, 0.6) is 0 Å². The van der Waals surface area contributed by atoms with Crippen molar-refractivity contribution >= 4 is 33.6 Å². The van der Waals surface area contributed by atoms with Gasteiger partial charge in [0.1, 0.15) is 0 Å². The highest BCUT2D eigenvalue weighted by molar-refractivity contribution is 7.89. The van der Waals surface area contributed by atoms with E-state index in [2.05, 4.69) is 10.6 Å². The maximum atomic E-state index is 12.9. The molecule has 1 fully saturated rings. The van der Waals surface area contributed by atoms with Crippen LogP contribution < -0.4 is 10.6 Å². The first kappa shape index (κ1) is 25.4. The number of piperidine rings is 1. The number of carbonyl (C=O) groups excluding carboxylic acids is 3. The summed E-state index contributed by atoms with van der Waals surface area (Å²) in [5.41, 5.74) is 2.97. The van der Waals surface area contributed by atoms with Crippen molar-refractivity contribution in [2.24, 2.45) is 0 Å². The molecule has 1 heterocycles. The molecule has 0 aromatic heterocycles. The van der Waals surface area contributed by atoms with Crippen molar-refractivity contribution < 1.29 is 27.5 Å². The van der Waals surface area contributed by atoms with Crippen molar-refractivity contribution in [1.29, 1.82) is 0 Å². The molecule has 3 rings (SSSR count). The summed E-state index contributed by atoms with van der Waals surface area (Å²) < 4.78 is 32.3. The van der Waals surface area contributed by atoms with Crippen LogP contribution in [0.15, 0.2) is 41.3 Å². The van der Waals surface area contributed by atoms with Crippen molar-refractivity contribution in [3.63, 3.8) is 0 Å². The fourth-order valence-electron chi connectivity index (χ4n) is 3.65. The molecule has 10 heteroatoms. The number of esters is 1. The van der Waals surface area contributed by atoms with Gasteiger partial charge < -0.3 is 10.1 Å². The number of carbonyl (C=O) groups is 3. The molecule has 2 N–H and O–H groups in total. The van der Waals surface area contributed by atoms with E-state index in [1.54, 1.807) is 19.1 Å². The molecule has 0 bridgehead atoms. The first-order valence-electron chi connectivity index (χ1n) is 11.0. The summed E-state index contributed by atoms with van der Waals surface area (Å²) in [5.74, 6) is -1.66. The Morgan fingerprint density at radius 3 is 2.38 bits per heavy atom. The highest BCUT2D eigenvalue weighted by atomic mass is 32.2. The molecule has 0 unspecified atom stereocenters. The molecule has 9 nitrogen and oxygen atoms in total. The van der Waals surface area contributed by atoms with Crippen LogP contribution in [0.1, 0.15) is 46.3 Å². The Hall–Kier alpha value is -3.24. The van der Waals surface area contributed by atoms with Gasteiger partial charge in [0.15, 0.2) is 6.61 Å². The Morgan fingerprint density at radius 1 is 0.971 bits per heavy atom. The molecule has 3 amide bonds. The molecular weight excluding hydrogens is 458 g/mol. The maximum absolute atomic E-state index is 12.9. The van der Waals surface area contributed by atoms with Gasteiger partial charge in [-0.3, -0.25) is 10.1 Å². The summed E-state index contributed by atoms with van der Waals surface area (Å²) in [6.45, 7) is 5.59. The fourth-order valence-corrected chi connectivity index (χ4v) is 5.19. The van der Waals surface area contributed by atoms with Crippen LogP contribution in [0.25, 0.3) is 0 Å². The number of sulfonamides is 1. The van der Waals surface area contributed by atoms with E-state index in [9.17, 15) is 22.8 Å². The lowest BCUT2D eigenvalue weighted by Gasteiger charge is -2.26. The number of anilines is 1. The zero-order valence-corrected chi connectivity index (χ0v) is 20.3. The van der Waals surface area contributed by atoms with E-state index >= 15 is 0 Å². The summed E-state index contributed by atoms with van der Waals surface area (Å²) >= 11 is 0. The second-order valence-corrected chi connectivity index (χ2v) is 10.2. The van der Waals surface area contributed by atoms with E-state index in [4.69, 9.17) is 4.74 Å². The van der Waals surface area contributed by atoms with Crippen LogP contribution in [-0.4, -0.2) is 50.3 Å². The van der Waals surface area contributed by atoms with Crippen LogP contribution in [0, 0.1) is 20.8 Å². The van der Waals surface area contributed by atoms with Gasteiger partial charge in [-0.25, -0.2) is 18.0 Å². The lowest BCUT2D eigenvalue weighted by molar-refractivity contribution is -0.123. The molecule has 1 aliphatic heterocycles. The first-order valence-corrected chi connectivity index (χ1v) is 12.5. The minimum atomic E-state index is -3.73. The Balaban J connectivity index is 1.61. The number of nitrogens with zero attached hydrogens (tertiary/aromatic N) is 1. The zero-order valence-electron chi connectivity index (χ0n) is 19.5. The topological polar surface area (TPSA) is 122 Å². The van der Waals surface area contributed by atoms with Gasteiger partial charge in [0.2, 0.25) is 10.0 Å². The maximum Gasteiger partial charge on any atom is 0.338 e. The molecular formula is C24H29N3O6S. The van der Waals surface area contributed by atoms with Gasteiger partial charge in [0.05, 0.1) is 10.5 Å². The zero-order chi connectivity index (χ0) is 24.9. The van der Waals surface area contributed by atoms with Crippen LogP contribution in [0.3, 0.4) is 0 Å². The van der Waals surface area contributed by atoms with Crippen molar-refractivity contribution in [3.05, 3.63) is 58.7 Å². The van der Waals surface area contributed by atoms with Gasteiger partial charge in [0, 0.05) is 18.8 Å². The number of ether oxygens (including phenoxy) is 1. The van der Waals surface area contributed by atoms with E-state index < -0.39 is 34.5 Å². The van der Waals surface area contributed by atoms with Crippen LogP contribution in [0.4, 0.5) is 10.5 Å². The lowest BCUT2D eigenvalue weighted by Crippen LogP contribution is -2.37. The summed E-state index contributed by atoms with van der Waals surface area (Å²) in [7, 11) is -3.73. The van der Waals surface area contributed by atoms with Crippen LogP contribution in [-0.2, 0) is 19.6 Å². The van der Waals surface area contributed by atoms with Crippen LogP contribution >= 0.6 is 0 Å². The highest BCUT2D eigenvalue weighted by Crippen LogP contribution is 2.23. The van der Waals surface area contributed by atoms with Crippen molar-refractivity contribution in [2.75, 3.05) is 25.0 Å². The largest absolute Gasteiger partial charge is 0.452 e. The molecule has 34 heavy (non-hydrogen) atoms. The summed E-state index contributed by atoms with van der Waals surface area (Å²) in [5, 5.41) is 4.69. The molecule has 1 aliphatic rings. The second kappa shape index (κ2) is 10.8. The van der Waals surface area contributed by atoms with Gasteiger partial charge in [-0.05, 0) is 68.5 Å². The predicted molar refractivity (Wildman–Crippen MR) is 127 cm³/mol. The summed E-state index contributed by atoms with van der Waals surface area (Å²) in [4.78, 5) is 36.8. The molecule has 0 atom stereocenters. The van der Waals surface area contributed by atoms with Crippen molar-refractivity contribution in [3.8, 4) is 0 Å². The SMILES string of the molecule is Cc1ccc(S(=O)(=O)N2CCCCC2)cc1C(=O)OCC(=O)NC(=O)Nc1cccc(C)c1C. The summed E-state index contributed by atoms with van der Waals surface area (Å²) in [6, 6.07) is 8.90. The van der Waals surface area contributed by atoms with E-state index in [-0.39, 0.29) is 10.5 Å². The fraction of sp³-hybridized carbons (Fsp3) is 0.375. The third-order valence-electron chi connectivity index (χ3n) is 5.82. The minimum Gasteiger partial charge on any atom is -0.452 e. The standard InChI is InChI=1S/C24H29N3O6S/c1-16-8-7-9-21(18(16)3)25-24(30)26-22(28)15-33-23(29)20-14-19(11-10-17(20)2)34(31,32)27-12-5-4-6-13-27/h7-11,14H,4-6,12-13,15H2,1-3H3,(H2,25,26,28,30). The molecule has 2 aromatic rings. The third-order valence-corrected chi connectivity index (χ3v) is 7.72. The number of amides is 3. The number of urea groups is 1. The minimum absolute atomic E-state index is 0.00398. The van der Waals surface area contributed by atoms with E-state index in [0.29, 0.717) is 24.3 Å². The number of imide groups is 1. The number of benzene rings is 2. The molecule has 0 spiro atoms. The van der Waals surface area contributed by atoms with Gasteiger partial charge >= 0.3 is 12.0 Å². The Kier molecular flexibility index (Phi) is 8.06. The lowest BCUT2D eigenvalue weighted by atomic mass is 10.1. The quantitative estimate of drug-likeness (QED) is 0.603. The number of hydrogen-bond acceptors (Lipinski definition) is 6. The number of hydrogen-bond donors (Lipinski definition) is 2. The monoisotopic (exact) mass is 487 g/mol. The predicted octanol–water partition coefficient (Wildman–Crippen LogP) is 3.29. The van der Waals surface area contributed by atoms with Crippen LogP contribution in [0.2, 0.25) is 0 Å². The normalized spacial score (nSPS) is 14.3. The molecule has 1 saturated heterocycles. The number of aryl methyl sites for hydroxylation is 2. The average Bonchev–Trinajstić information content (AvgIpc) is 2.81. The molecule has 0 aliphatic carbocycles. The van der Waals surface area contributed by atoms with E-state index in [1.807, 2.05) is 19.9 Å². The van der Waals surface area contributed by atoms with Crippen molar-refractivity contribution in [1.82, 2.24) is 9.62 Å².